The maximum atomic E-state index is 12.5. The minimum absolute atomic E-state index is 0.0340. The zero-order valence-electron chi connectivity index (χ0n) is 10.0. The van der Waals surface area contributed by atoms with E-state index >= 15 is 0 Å². The standard InChI is InChI=1S/C12H14F3NO2/c1-16(2)10(11(17)18)7-8-4-3-5-9(6-8)12(13,14)15/h3-6,10H,7H2,1-2H3,(H,17,18)/t10-/m1/s1. The lowest BCUT2D eigenvalue weighted by Gasteiger charge is -2.20. The molecule has 6 heteroatoms. The molecule has 0 spiro atoms. The highest BCUT2D eigenvalue weighted by Crippen LogP contribution is 2.29. The van der Waals surface area contributed by atoms with Gasteiger partial charge < -0.3 is 5.11 Å². The average Bonchev–Trinajstić information content (AvgIpc) is 2.24. The van der Waals surface area contributed by atoms with Gasteiger partial charge in [0.25, 0.3) is 0 Å². The van der Waals surface area contributed by atoms with Crippen molar-refractivity contribution in [2.24, 2.45) is 0 Å². The molecule has 1 aromatic carbocycles. The first-order valence-electron chi connectivity index (χ1n) is 5.27. The van der Waals surface area contributed by atoms with Gasteiger partial charge in [0.1, 0.15) is 6.04 Å². The van der Waals surface area contributed by atoms with Crippen LogP contribution in [-0.4, -0.2) is 36.1 Å². The van der Waals surface area contributed by atoms with Gasteiger partial charge in [0.2, 0.25) is 0 Å². The van der Waals surface area contributed by atoms with Crippen LogP contribution < -0.4 is 0 Å². The van der Waals surface area contributed by atoms with Crippen molar-refractivity contribution in [1.29, 1.82) is 0 Å². The number of likely N-dealkylation sites (N-methyl/N-ethyl adjacent to an activating group) is 1. The number of benzene rings is 1. The Morgan fingerprint density at radius 1 is 1.39 bits per heavy atom. The van der Waals surface area contributed by atoms with Crippen molar-refractivity contribution >= 4 is 5.97 Å². The maximum absolute atomic E-state index is 12.5. The van der Waals surface area contributed by atoms with Crippen LogP contribution in [0.5, 0.6) is 0 Å². The lowest BCUT2D eigenvalue weighted by molar-refractivity contribution is -0.142. The molecule has 0 aliphatic carbocycles. The van der Waals surface area contributed by atoms with E-state index in [1.165, 1.54) is 17.0 Å². The van der Waals surface area contributed by atoms with Crippen LogP contribution in [0.15, 0.2) is 24.3 Å². The number of hydrogen-bond donors (Lipinski definition) is 1. The topological polar surface area (TPSA) is 40.5 Å². The van der Waals surface area contributed by atoms with Gasteiger partial charge in [-0.05, 0) is 32.1 Å². The number of carboxylic acid groups (broad SMARTS) is 1. The van der Waals surface area contributed by atoms with Crippen LogP contribution in [0.2, 0.25) is 0 Å². The molecule has 3 nitrogen and oxygen atoms in total. The highest BCUT2D eigenvalue weighted by Gasteiger charge is 2.30. The first kappa shape index (κ1) is 14.5. The molecule has 0 bridgehead atoms. The Morgan fingerprint density at radius 2 is 2.00 bits per heavy atom. The molecule has 18 heavy (non-hydrogen) atoms. The molecular formula is C12H14F3NO2. The summed E-state index contributed by atoms with van der Waals surface area (Å²) in [5, 5.41) is 8.97. The molecule has 0 amide bonds. The van der Waals surface area contributed by atoms with E-state index in [9.17, 15) is 18.0 Å². The van der Waals surface area contributed by atoms with Crippen molar-refractivity contribution in [2.75, 3.05) is 14.1 Å². The molecule has 1 rings (SSSR count). The van der Waals surface area contributed by atoms with Gasteiger partial charge in [0.15, 0.2) is 0 Å². The van der Waals surface area contributed by atoms with Gasteiger partial charge in [-0.3, -0.25) is 9.69 Å². The Hall–Kier alpha value is -1.56. The molecule has 0 radical (unpaired) electrons. The van der Waals surface area contributed by atoms with E-state index in [2.05, 4.69) is 0 Å². The zero-order chi connectivity index (χ0) is 13.9. The number of carbonyl (C=O) groups is 1. The Balaban J connectivity index is 2.94. The van der Waals surface area contributed by atoms with E-state index in [-0.39, 0.29) is 6.42 Å². The molecule has 0 aliphatic rings. The highest BCUT2D eigenvalue weighted by atomic mass is 19.4. The van der Waals surface area contributed by atoms with E-state index < -0.39 is 23.8 Å². The highest BCUT2D eigenvalue weighted by molar-refractivity contribution is 5.73. The van der Waals surface area contributed by atoms with Gasteiger partial charge >= 0.3 is 12.1 Å². The molecule has 1 N–H and O–H groups in total. The fourth-order valence-corrected chi connectivity index (χ4v) is 1.59. The van der Waals surface area contributed by atoms with Crippen LogP contribution in [0, 0.1) is 0 Å². The smallest absolute Gasteiger partial charge is 0.416 e. The summed E-state index contributed by atoms with van der Waals surface area (Å²) < 4.78 is 37.5. The van der Waals surface area contributed by atoms with Crippen molar-refractivity contribution in [2.45, 2.75) is 18.6 Å². The summed E-state index contributed by atoms with van der Waals surface area (Å²) in [6.45, 7) is 0. The van der Waals surface area contributed by atoms with Crippen molar-refractivity contribution < 1.29 is 23.1 Å². The quantitative estimate of drug-likeness (QED) is 0.903. The first-order valence-corrected chi connectivity index (χ1v) is 5.27. The van der Waals surface area contributed by atoms with E-state index in [4.69, 9.17) is 5.11 Å². The first-order chi connectivity index (χ1) is 8.21. The average molecular weight is 261 g/mol. The Morgan fingerprint density at radius 3 is 2.44 bits per heavy atom. The largest absolute Gasteiger partial charge is 0.480 e. The normalized spacial score (nSPS) is 13.7. The van der Waals surface area contributed by atoms with E-state index in [0.717, 1.165) is 12.1 Å². The molecule has 0 saturated heterocycles. The molecule has 1 aromatic rings. The molecule has 0 fully saturated rings. The molecule has 0 unspecified atom stereocenters. The van der Waals surface area contributed by atoms with Gasteiger partial charge in [0, 0.05) is 0 Å². The number of halogens is 3. The van der Waals surface area contributed by atoms with Crippen LogP contribution in [0.3, 0.4) is 0 Å². The van der Waals surface area contributed by atoms with Crippen molar-refractivity contribution in [1.82, 2.24) is 4.90 Å². The van der Waals surface area contributed by atoms with Crippen LogP contribution in [0.4, 0.5) is 13.2 Å². The van der Waals surface area contributed by atoms with Gasteiger partial charge in [-0.15, -0.1) is 0 Å². The third-order valence-electron chi connectivity index (χ3n) is 2.59. The lowest BCUT2D eigenvalue weighted by atomic mass is 10.0. The van der Waals surface area contributed by atoms with E-state index in [1.54, 1.807) is 14.1 Å². The molecular weight excluding hydrogens is 247 g/mol. The third kappa shape index (κ3) is 3.73. The van der Waals surface area contributed by atoms with Gasteiger partial charge in [-0.2, -0.15) is 13.2 Å². The second kappa shape index (κ2) is 5.39. The minimum atomic E-state index is -4.41. The summed E-state index contributed by atoms with van der Waals surface area (Å²) in [6.07, 6.45) is -4.38. The number of nitrogens with zero attached hydrogens (tertiary/aromatic N) is 1. The van der Waals surface area contributed by atoms with Crippen LogP contribution in [0.25, 0.3) is 0 Å². The summed E-state index contributed by atoms with van der Waals surface area (Å²) in [6, 6.07) is 3.89. The molecule has 0 saturated carbocycles. The summed E-state index contributed by atoms with van der Waals surface area (Å²) in [4.78, 5) is 12.4. The SMILES string of the molecule is CN(C)[C@H](Cc1cccc(C(F)(F)F)c1)C(=O)O. The number of carboxylic acids is 1. The van der Waals surface area contributed by atoms with Crippen molar-refractivity contribution in [3.05, 3.63) is 35.4 Å². The summed E-state index contributed by atoms with van der Waals surface area (Å²) in [5.41, 5.74) is -0.409. The number of rotatable bonds is 4. The third-order valence-corrected chi connectivity index (χ3v) is 2.59. The summed E-state index contributed by atoms with van der Waals surface area (Å²) in [5.74, 6) is -1.06. The van der Waals surface area contributed by atoms with Gasteiger partial charge in [-0.25, -0.2) is 0 Å². The van der Waals surface area contributed by atoms with Crippen molar-refractivity contribution in [3.8, 4) is 0 Å². The van der Waals surface area contributed by atoms with Crippen LogP contribution in [-0.2, 0) is 17.4 Å². The molecule has 0 aromatic heterocycles. The molecule has 100 valence electrons. The Labute approximate surface area is 103 Å². The monoisotopic (exact) mass is 261 g/mol. The predicted octanol–water partition coefficient (Wildman–Crippen LogP) is 2.26. The molecule has 1 atom stereocenters. The number of hydrogen-bond acceptors (Lipinski definition) is 2. The van der Waals surface area contributed by atoms with Crippen LogP contribution >= 0.6 is 0 Å². The summed E-state index contributed by atoms with van der Waals surface area (Å²) in [7, 11) is 3.15. The Bertz CT molecular complexity index is 430. The van der Waals surface area contributed by atoms with Crippen molar-refractivity contribution in [3.63, 3.8) is 0 Å². The molecule has 0 aliphatic heterocycles. The fourth-order valence-electron chi connectivity index (χ4n) is 1.59. The minimum Gasteiger partial charge on any atom is -0.480 e. The number of alkyl halides is 3. The fraction of sp³-hybridized carbons (Fsp3) is 0.417. The van der Waals surface area contributed by atoms with Gasteiger partial charge in [0.05, 0.1) is 5.56 Å². The zero-order valence-corrected chi connectivity index (χ0v) is 10.0. The lowest BCUT2D eigenvalue weighted by Crippen LogP contribution is -2.37. The second-order valence-electron chi connectivity index (χ2n) is 4.22. The maximum Gasteiger partial charge on any atom is 0.416 e. The Kier molecular flexibility index (Phi) is 4.34. The second-order valence-corrected chi connectivity index (χ2v) is 4.22. The predicted molar refractivity (Wildman–Crippen MR) is 60.3 cm³/mol. The summed E-state index contributed by atoms with van der Waals surface area (Å²) >= 11 is 0. The number of aliphatic carboxylic acids is 1. The molecule has 0 heterocycles. The van der Waals surface area contributed by atoms with Gasteiger partial charge in [-0.1, -0.05) is 18.2 Å². The van der Waals surface area contributed by atoms with Crippen LogP contribution in [0.1, 0.15) is 11.1 Å². The van der Waals surface area contributed by atoms with E-state index in [0.29, 0.717) is 5.56 Å². The van der Waals surface area contributed by atoms with E-state index in [1.807, 2.05) is 0 Å².